The van der Waals surface area contributed by atoms with Gasteiger partial charge in [0.1, 0.15) is 5.75 Å². The first-order valence-corrected chi connectivity index (χ1v) is 8.49. The summed E-state index contributed by atoms with van der Waals surface area (Å²) >= 11 is 0. The molecule has 0 radical (unpaired) electrons. The fourth-order valence-corrected chi connectivity index (χ4v) is 3.05. The van der Waals surface area contributed by atoms with Crippen LogP contribution in [0.2, 0.25) is 0 Å². The molecule has 1 aromatic carbocycles. The third-order valence-corrected chi connectivity index (χ3v) is 4.45. The lowest BCUT2D eigenvalue weighted by molar-refractivity contribution is -0.121. The molecular weight excluding hydrogens is 342 g/mol. The van der Waals surface area contributed by atoms with Crippen molar-refractivity contribution in [1.82, 2.24) is 10.2 Å². The van der Waals surface area contributed by atoms with Gasteiger partial charge in [-0.3, -0.25) is 9.59 Å². The van der Waals surface area contributed by atoms with Gasteiger partial charge in [0, 0.05) is 37.7 Å². The number of carbonyl (C=O) groups is 2. The van der Waals surface area contributed by atoms with Crippen molar-refractivity contribution in [2.45, 2.75) is 38.6 Å². The molecule has 1 unspecified atom stereocenters. The Balaban J connectivity index is 0.00000312. The first-order valence-electron chi connectivity index (χ1n) is 8.49. The number of halogens is 1. The maximum absolute atomic E-state index is 12.9. The van der Waals surface area contributed by atoms with Crippen LogP contribution in [0.5, 0.6) is 5.75 Å². The van der Waals surface area contributed by atoms with Crippen LogP contribution in [-0.2, 0) is 4.79 Å². The first-order chi connectivity index (χ1) is 11.6. The molecule has 3 N–H and O–H groups in total. The van der Waals surface area contributed by atoms with Crippen molar-refractivity contribution in [1.29, 1.82) is 0 Å². The summed E-state index contributed by atoms with van der Waals surface area (Å²) in [5.74, 6) is 0.643. The third-order valence-electron chi connectivity index (χ3n) is 4.45. The van der Waals surface area contributed by atoms with Gasteiger partial charge in [-0.25, -0.2) is 0 Å². The van der Waals surface area contributed by atoms with E-state index in [0.717, 1.165) is 24.8 Å². The number of amides is 2. The Labute approximate surface area is 155 Å². The lowest BCUT2D eigenvalue weighted by Gasteiger charge is -2.36. The van der Waals surface area contributed by atoms with Crippen LogP contribution in [0.15, 0.2) is 18.2 Å². The summed E-state index contributed by atoms with van der Waals surface area (Å²) in [6.45, 7) is 3.48. The Bertz CT molecular complexity index is 595. The topological polar surface area (TPSA) is 84.7 Å². The standard InChI is InChI=1S/C18H27N3O3.ClH/c1-13-6-7-14(11-16(13)24-2)18(23)21-10-4-3-5-15(21)12-20-17(22)8-9-19;/h6-7,11,15H,3-5,8-10,12,19H2,1-2H3,(H,20,22);1H. The minimum absolute atomic E-state index is 0. The van der Waals surface area contributed by atoms with Crippen LogP contribution in [0.1, 0.15) is 41.6 Å². The number of nitrogens with one attached hydrogen (secondary N) is 1. The number of methoxy groups -OCH3 is 1. The van der Waals surface area contributed by atoms with Gasteiger partial charge in [-0.15, -0.1) is 12.4 Å². The summed E-state index contributed by atoms with van der Waals surface area (Å²) in [6.07, 6.45) is 3.27. The number of rotatable bonds is 6. The van der Waals surface area contributed by atoms with Crippen molar-refractivity contribution in [3.8, 4) is 5.75 Å². The van der Waals surface area contributed by atoms with Crippen LogP contribution in [0, 0.1) is 6.92 Å². The van der Waals surface area contributed by atoms with Gasteiger partial charge in [-0.1, -0.05) is 6.07 Å². The fraction of sp³-hybridized carbons (Fsp3) is 0.556. The van der Waals surface area contributed by atoms with E-state index in [2.05, 4.69) is 5.32 Å². The highest BCUT2D eigenvalue weighted by molar-refractivity contribution is 5.95. The lowest BCUT2D eigenvalue weighted by atomic mass is 10.00. The Morgan fingerprint density at radius 1 is 1.36 bits per heavy atom. The molecule has 0 aliphatic carbocycles. The summed E-state index contributed by atoms with van der Waals surface area (Å²) < 4.78 is 5.32. The molecule has 1 aliphatic heterocycles. The van der Waals surface area contributed by atoms with Crippen molar-refractivity contribution in [3.05, 3.63) is 29.3 Å². The van der Waals surface area contributed by atoms with Gasteiger partial charge < -0.3 is 20.7 Å². The fourth-order valence-electron chi connectivity index (χ4n) is 3.05. The van der Waals surface area contributed by atoms with E-state index in [1.807, 2.05) is 24.0 Å². The van der Waals surface area contributed by atoms with E-state index >= 15 is 0 Å². The van der Waals surface area contributed by atoms with E-state index < -0.39 is 0 Å². The summed E-state index contributed by atoms with van der Waals surface area (Å²) in [5, 5.41) is 2.88. The van der Waals surface area contributed by atoms with Crippen molar-refractivity contribution < 1.29 is 14.3 Å². The zero-order valence-corrected chi connectivity index (χ0v) is 15.7. The zero-order chi connectivity index (χ0) is 17.5. The molecule has 1 aromatic rings. The minimum Gasteiger partial charge on any atom is -0.496 e. The highest BCUT2D eigenvalue weighted by atomic mass is 35.5. The average molecular weight is 370 g/mol. The lowest BCUT2D eigenvalue weighted by Crippen LogP contribution is -2.49. The van der Waals surface area contributed by atoms with Crippen LogP contribution in [0.3, 0.4) is 0 Å². The second-order valence-corrected chi connectivity index (χ2v) is 6.18. The molecule has 6 nitrogen and oxygen atoms in total. The Kier molecular flexibility index (Phi) is 8.72. The second kappa shape index (κ2) is 10.3. The molecule has 0 spiro atoms. The van der Waals surface area contributed by atoms with E-state index in [1.165, 1.54) is 0 Å². The van der Waals surface area contributed by atoms with Gasteiger partial charge in [0.05, 0.1) is 7.11 Å². The van der Waals surface area contributed by atoms with E-state index in [1.54, 1.807) is 13.2 Å². The van der Waals surface area contributed by atoms with Gasteiger partial charge in [0.15, 0.2) is 0 Å². The van der Waals surface area contributed by atoms with Crippen LogP contribution >= 0.6 is 12.4 Å². The Morgan fingerprint density at radius 3 is 2.80 bits per heavy atom. The number of nitrogens with two attached hydrogens (primary N) is 1. The number of carbonyl (C=O) groups excluding carboxylic acids is 2. The number of hydrogen-bond donors (Lipinski definition) is 2. The SMILES string of the molecule is COc1cc(C(=O)N2CCCCC2CNC(=O)CCN)ccc1C.Cl. The molecule has 0 bridgehead atoms. The molecule has 0 saturated carbocycles. The molecular formula is C18H28ClN3O3. The summed E-state index contributed by atoms with van der Waals surface area (Å²) in [5.41, 5.74) is 7.01. The highest BCUT2D eigenvalue weighted by Gasteiger charge is 2.28. The first kappa shape index (κ1) is 21.3. The monoisotopic (exact) mass is 369 g/mol. The molecule has 0 aromatic heterocycles. The number of benzene rings is 1. The molecule has 1 atom stereocenters. The molecule has 140 valence electrons. The molecule has 2 amide bonds. The highest BCUT2D eigenvalue weighted by Crippen LogP contribution is 2.23. The molecule has 7 heteroatoms. The van der Waals surface area contributed by atoms with Crippen LogP contribution in [-0.4, -0.2) is 49.5 Å². The van der Waals surface area contributed by atoms with Gasteiger partial charge >= 0.3 is 0 Å². The maximum atomic E-state index is 12.9. The molecule has 1 heterocycles. The largest absolute Gasteiger partial charge is 0.496 e. The molecule has 1 aliphatic rings. The smallest absolute Gasteiger partial charge is 0.254 e. The number of nitrogens with zero attached hydrogens (tertiary/aromatic N) is 1. The second-order valence-electron chi connectivity index (χ2n) is 6.18. The van der Waals surface area contributed by atoms with Crippen LogP contribution in [0.25, 0.3) is 0 Å². The Hall–Kier alpha value is -1.79. The molecule has 1 fully saturated rings. The third kappa shape index (κ3) is 5.61. The van der Waals surface area contributed by atoms with E-state index in [4.69, 9.17) is 10.5 Å². The molecule has 1 saturated heterocycles. The molecule has 25 heavy (non-hydrogen) atoms. The summed E-state index contributed by atoms with van der Waals surface area (Å²) in [6, 6.07) is 5.55. The van der Waals surface area contributed by atoms with Gasteiger partial charge in [-0.2, -0.15) is 0 Å². The van der Waals surface area contributed by atoms with Crippen molar-refractivity contribution >= 4 is 24.2 Å². The van der Waals surface area contributed by atoms with Crippen molar-refractivity contribution in [2.75, 3.05) is 26.7 Å². The average Bonchev–Trinajstić information content (AvgIpc) is 2.60. The zero-order valence-electron chi connectivity index (χ0n) is 14.9. The maximum Gasteiger partial charge on any atom is 0.254 e. The van der Waals surface area contributed by atoms with Crippen LogP contribution in [0.4, 0.5) is 0 Å². The van der Waals surface area contributed by atoms with E-state index in [0.29, 0.717) is 37.4 Å². The normalized spacial score (nSPS) is 16.8. The van der Waals surface area contributed by atoms with Crippen molar-refractivity contribution in [3.63, 3.8) is 0 Å². The number of likely N-dealkylation sites (tertiary alicyclic amines) is 1. The van der Waals surface area contributed by atoms with E-state index in [-0.39, 0.29) is 30.3 Å². The number of aryl methyl sites for hydroxylation is 1. The molecule has 2 rings (SSSR count). The predicted molar refractivity (Wildman–Crippen MR) is 100 cm³/mol. The van der Waals surface area contributed by atoms with E-state index in [9.17, 15) is 9.59 Å². The quantitative estimate of drug-likeness (QED) is 0.801. The van der Waals surface area contributed by atoms with Gasteiger partial charge in [0.2, 0.25) is 5.91 Å². The Morgan fingerprint density at radius 2 is 2.12 bits per heavy atom. The summed E-state index contributed by atoms with van der Waals surface area (Å²) in [7, 11) is 1.60. The summed E-state index contributed by atoms with van der Waals surface area (Å²) in [4.78, 5) is 26.4. The number of hydrogen-bond acceptors (Lipinski definition) is 4. The van der Waals surface area contributed by atoms with Crippen LogP contribution < -0.4 is 15.8 Å². The van der Waals surface area contributed by atoms with Crippen molar-refractivity contribution in [2.24, 2.45) is 5.73 Å². The minimum atomic E-state index is -0.0625. The number of ether oxygens (including phenoxy) is 1. The van der Waals surface area contributed by atoms with Gasteiger partial charge in [0.25, 0.3) is 5.91 Å². The van der Waals surface area contributed by atoms with Gasteiger partial charge in [-0.05, 0) is 43.9 Å². The number of piperidine rings is 1. The predicted octanol–water partition coefficient (Wildman–Crippen LogP) is 1.89.